The number of carbonyl (C=O) groups excluding carboxylic acids is 1. The van der Waals surface area contributed by atoms with E-state index in [2.05, 4.69) is 22.2 Å². The van der Waals surface area contributed by atoms with Gasteiger partial charge in [-0.2, -0.15) is 0 Å². The number of amides is 2. The molecule has 5 nitrogen and oxygen atoms in total. The lowest BCUT2D eigenvalue weighted by Gasteiger charge is -2.22. The largest absolute Gasteiger partial charge is 0.328 e. The summed E-state index contributed by atoms with van der Waals surface area (Å²) in [5.74, 6) is 0. The van der Waals surface area contributed by atoms with Crippen LogP contribution in [0.2, 0.25) is 5.02 Å². The van der Waals surface area contributed by atoms with Crippen LogP contribution >= 0.6 is 23.4 Å². The van der Waals surface area contributed by atoms with Gasteiger partial charge in [-0.15, -0.1) is 0 Å². The van der Waals surface area contributed by atoms with E-state index < -0.39 is 0 Å². The van der Waals surface area contributed by atoms with Crippen molar-refractivity contribution in [1.82, 2.24) is 9.88 Å². The van der Waals surface area contributed by atoms with Gasteiger partial charge in [0.25, 0.3) is 0 Å². The van der Waals surface area contributed by atoms with Crippen molar-refractivity contribution in [3.05, 3.63) is 59.4 Å². The molecule has 3 rings (SSSR count). The van der Waals surface area contributed by atoms with Crippen LogP contribution in [0, 0.1) is 0 Å². The highest BCUT2D eigenvalue weighted by molar-refractivity contribution is 8.14. The lowest BCUT2D eigenvalue weighted by Crippen LogP contribution is -2.37. The van der Waals surface area contributed by atoms with Crippen LogP contribution < -0.4 is 5.32 Å². The normalized spacial score (nSPS) is 16.6. The number of carbonyl (C=O) groups is 1. The van der Waals surface area contributed by atoms with E-state index in [0.717, 1.165) is 17.3 Å². The van der Waals surface area contributed by atoms with Gasteiger partial charge in [0.2, 0.25) is 0 Å². The van der Waals surface area contributed by atoms with E-state index in [-0.39, 0.29) is 6.03 Å². The number of amidine groups is 1. The number of rotatable bonds is 3. The third kappa shape index (κ3) is 4.27. The second kappa shape index (κ2) is 7.68. The fraction of sp³-hybridized carbons (Fsp3) is 0.235. The second-order valence-electron chi connectivity index (χ2n) is 5.44. The molecule has 0 unspecified atom stereocenters. The van der Waals surface area contributed by atoms with Crippen LogP contribution in [0.25, 0.3) is 0 Å². The standard InChI is InChI=1S/C17H17ClN4OS/c1-12-9-20-17(24-12)22(11-13-3-2-8-19-10-13)16(23)21-15-6-4-14(18)5-7-15/h2-8,10,12H,9,11H2,1H3,(H,21,23)/t12-/m0/s1. The smallest absolute Gasteiger partial charge is 0.307 e. The number of aliphatic imine (C=N–C) groups is 1. The van der Waals surface area contributed by atoms with E-state index in [4.69, 9.17) is 11.6 Å². The van der Waals surface area contributed by atoms with Gasteiger partial charge in [-0.1, -0.05) is 36.4 Å². The molecule has 0 bridgehead atoms. The molecule has 7 heteroatoms. The zero-order chi connectivity index (χ0) is 16.9. The van der Waals surface area contributed by atoms with E-state index in [9.17, 15) is 4.79 Å². The quantitative estimate of drug-likeness (QED) is 0.889. The fourth-order valence-electron chi connectivity index (χ4n) is 2.23. The van der Waals surface area contributed by atoms with Gasteiger partial charge in [-0.05, 0) is 35.9 Å². The number of nitrogens with zero attached hydrogens (tertiary/aromatic N) is 3. The van der Waals surface area contributed by atoms with Gasteiger partial charge in [0, 0.05) is 28.4 Å². The number of hydrogen-bond acceptors (Lipinski definition) is 4. The van der Waals surface area contributed by atoms with Crippen LogP contribution in [0.3, 0.4) is 0 Å². The van der Waals surface area contributed by atoms with E-state index in [1.165, 1.54) is 0 Å². The van der Waals surface area contributed by atoms with Gasteiger partial charge < -0.3 is 5.32 Å². The molecular weight excluding hydrogens is 344 g/mol. The first-order chi connectivity index (χ1) is 11.6. The lowest BCUT2D eigenvalue weighted by molar-refractivity contribution is 0.233. The highest BCUT2D eigenvalue weighted by Crippen LogP contribution is 2.25. The molecular formula is C17H17ClN4OS. The maximum Gasteiger partial charge on any atom is 0.328 e. The summed E-state index contributed by atoms with van der Waals surface area (Å²) >= 11 is 7.49. The SMILES string of the molecule is C[C@H]1CN=C(N(Cc2cccnc2)C(=O)Nc2ccc(Cl)cc2)S1. The predicted molar refractivity (Wildman–Crippen MR) is 99.6 cm³/mol. The molecule has 1 atom stereocenters. The molecule has 1 aromatic heterocycles. The van der Waals surface area contributed by atoms with E-state index in [1.54, 1.807) is 53.3 Å². The molecule has 24 heavy (non-hydrogen) atoms. The molecule has 2 aromatic rings. The summed E-state index contributed by atoms with van der Waals surface area (Å²) in [5.41, 5.74) is 1.64. The number of halogens is 1. The summed E-state index contributed by atoms with van der Waals surface area (Å²) in [6.45, 7) is 3.24. The predicted octanol–water partition coefficient (Wildman–Crippen LogP) is 4.26. The summed E-state index contributed by atoms with van der Waals surface area (Å²) in [4.78, 5) is 23.0. The average molecular weight is 361 g/mol. The third-order valence-corrected chi connectivity index (χ3v) is 4.79. The van der Waals surface area contributed by atoms with Gasteiger partial charge in [-0.25, -0.2) is 4.79 Å². The number of urea groups is 1. The highest BCUT2D eigenvalue weighted by atomic mass is 35.5. The van der Waals surface area contributed by atoms with E-state index in [1.807, 2.05) is 12.1 Å². The van der Waals surface area contributed by atoms with Crippen LogP contribution in [0.4, 0.5) is 10.5 Å². The molecule has 0 saturated carbocycles. The number of nitrogens with one attached hydrogen (secondary N) is 1. The molecule has 1 N–H and O–H groups in total. The van der Waals surface area contributed by atoms with Crippen molar-refractivity contribution >= 4 is 40.2 Å². The molecule has 2 heterocycles. The molecule has 0 saturated heterocycles. The Morgan fingerprint density at radius 3 is 2.79 bits per heavy atom. The summed E-state index contributed by atoms with van der Waals surface area (Å²) in [6.07, 6.45) is 3.47. The molecule has 1 aliphatic heterocycles. The van der Waals surface area contributed by atoms with Crippen molar-refractivity contribution < 1.29 is 4.79 Å². The van der Waals surface area contributed by atoms with Crippen molar-refractivity contribution in [3.8, 4) is 0 Å². The molecule has 0 radical (unpaired) electrons. The zero-order valence-corrected chi connectivity index (χ0v) is 14.7. The number of pyridine rings is 1. The van der Waals surface area contributed by atoms with Crippen molar-refractivity contribution in [1.29, 1.82) is 0 Å². The molecule has 0 fully saturated rings. The Morgan fingerprint density at radius 1 is 1.38 bits per heavy atom. The molecule has 0 spiro atoms. The Bertz CT molecular complexity index is 736. The van der Waals surface area contributed by atoms with E-state index in [0.29, 0.717) is 22.5 Å². The van der Waals surface area contributed by atoms with Crippen molar-refractivity contribution in [2.75, 3.05) is 11.9 Å². The topological polar surface area (TPSA) is 57.6 Å². The van der Waals surface area contributed by atoms with Crippen LogP contribution in [0.5, 0.6) is 0 Å². The molecule has 124 valence electrons. The van der Waals surface area contributed by atoms with Crippen LogP contribution in [-0.2, 0) is 6.54 Å². The Labute approximate surface area is 150 Å². The Kier molecular flexibility index (Phi) is 5.37. The molecule has 1 aromatic carbocycles. The minimum atomic E-state index is -0.221. The summed E-state index contributed by atoms with van der Waals surface area (Å²) in [5, 5.41) is 4.63. The van der Waals surface area contributed by atoms with Gasteiger partial charge in [0.05, 0.1) is 13.1 Å². The molecule has 2 amide bonds. The van der Waals surface area contributed by atoms with Gasteiger partial charge >= 0.3 is 6.03 Å². The average Bonchev–Trinajstić information content (AvgIpc) is 3.02. The van der Waals surface area contributed by atoms with Crippen molar-refractivity contribution in [2.24, 2.45) is 4.99 Å². The van der Waals surface area contributed by atoms with Crippen molar-refractivity contribution in [3.63, 3.8) is 0 Å². The van der Waals surface area contributed by atoms with E-state index >= 15 is 0 Å². The van der Waals surface area contributed by atoms with Crippen molar-refractivity contribution in [2.45, 2.75) is 18.7 Å². The first-order valence-corrected chi connectivity index (χ1v) is 8.81. The minimum absolute atomic E-state index is 0.221. The first-order valence-electron chi connectivity index (χ1n) is 7.56. The molecule has 0 aliphatic carbocycles. The summed E-state index contributed by atoms with van der Waals surface area (Å²) < 4.78 is 0. The van der Waals surface area contributed by atoms with Gasteiger partial charge in [-0.3, -0.25) is 14.9 Å². The minimum Gasteiger partial charge on any atom is -0.307 e. The maximum atomic E-state index is 12.8. The monoisotopic (exact) mass is 360 g/mol. The second-order valence-corrected chi connectivity index (χ2v) is 7.28. The Balaban J connectivity index is 1.78. The van der Waals surface area contributed by atoms with Gasteiger partial charge in [0.1, 0.15) is 0 Å². The van der Waals surface area contributed by atoms with Crippen LogP contribution in [0.15, 0.2) is 53.8 Å². The Morgan fingerprint density at radius 2 is 2.17 bits per heavy atom. The maximum absolute atomic E-state index is 12.8. The molecule has 1 aliphatic rings. The lowest BCUT2D eigenvalue weighted by atomic mass is 10.3. The Hall–Kier alpha value is -2.05. The number of thioether (sulfide) groups is 1. The van der Waals surface area contributed by atoms with Crippen LogP contribution in [0.1, 0.15) is 12.5 Å². The number of anilines is 1. The van der Waals surface area contributed by atoms with Gasteiger partial charge in [0.15, 0.2) is 5.17 Å². The number of hydrogen-bond donors (Lipinski definition) is 1. The highest BCUT2D eigenvalue weighted by Gasteiger charge is 2.26. The summed E-state index contributed by atoms with van der Waals surface area (Å²) in [7, 11) is 0. The number of aromatic nitrogens is 1. The fourth-order valence-corrected chi connectivity index (χ4v) is 3.29. The zero-order valence-electron chi connectivity index (χ0n) is 13.1. The van der Waals surface area contributed by atoms with Crippen LogP contribution in [-0.4, -0.2) is 32.9 Å². The summed E-state index contributed by atoms with van der Waals surface area (Å²) in [6, 6.07) is 10.6. The first kappa shape index (κ1) is 16.8. The number of benzene rings is 1. The third-order valence-electron chi connectivity index (χ3n) is 3.43.